The van der Waals surface area contributed by atoms with Crippen LogP contribution in [-0.2, 0) is 16.4 Å². The van der Waals surface area contributed by atoms with E-state index in [4.69, 9.17) is 0 Å². The fraction of sp³-hybridized carbons (Fsp3) is 0.435. The fourth-order valence-corrected chi connectivity index (χ4v) is 4.60. The highest BCUT2D eigenvalue weighted by atomic mass is 32.2. The lowest BCUT2D eigenvalue weighted by Crippen LogP contribution is -2.45. The van der Waals surface area contributed by atoms with Crippen molar-refractivity contribution in [2.75, 3.05) is 50.5 Å². The summed E-state index contributed by atoms with van der Waals surface area (Å²) in [6.07, 6.45) is 3.29. The molecule has 2 aromatic carbocycles. The van der Waals surface area contributed by atoms with Crippen LogP contribution in [-0.4, -0.2) is 59.5 Å². The van der Waals surface area contributed by atoms with Gasteiger partial charge in [0.25, 0.3) is 5.91 Å². The first-order chi connectivity index (χ1) is 14.8. The molecular weight excluding hydrogens is 412 g/mol. The molecular formula is C23H32N4O3S. The second-order valence-electron chi connectivity index (χ2n) is 7.93. The zero-order valence-electron chi connectivity index (χ0n) is 18.5. The minimum atomic E-state index is -3.72. The van der Waals surface area contributed by atoms with Gasteiger partial charge >= 0.3 is 0 Å². The van der Waals surface area contributed by atoms with Crippen molar-refractivity contribution in [1.29, 1.82) is 0 Å². The average Bonchev–Trinajstić information content (AvgIpc) is 2.78. The normalized spacial score (nSPS) is 15.1. The van der Waals surface area contributed by atoms with Crippen molar-refractivity contribution in [1.82, 2.24) is 9.62 Å². The number of likely N-dealkylation sites (N-methyl/N-ethyl adjacent to an activating group) is 1. The van der Waals surface area contributed by atoms with Crippen LogP contribution in [0.1, 0.15) is 35.7 Å². The summed E-state index contributed by atoms with van der Waals surface area (Å²) in [5.41, 5.74) is 2.85. The van der Waals surface area contributed by atoms with E-state index in [0.717, 1.165) is 45.4 Å². The molecule has 0 bridgehead atoms. The summed E-state index contributed by atoms with van der Waals surface area (Å²) >= 11 is 0. The Balaban J connectivity index is 1.82. The van der Waals surface area contributed by atoms with Gasteiger partial charge in [-0.2, -0.15) is 0 Å². The number of amides is 1. The molecule has 0 radical (unpaired) electrons. The van der Waals surface area contributed by atoms with Crippen molar-refractivity contribution in [2.24, 2.45) is 0 Å². The maximum absolute atomic E-state index is 12.8. The predicted octanol–water partition coefficient (Wildman–Crippen LogP) is 2.94. The molecule has 0 aromatic heterocycles. The van der Waals surface area contributed by atoms with Crippen LogP contribution in [0.2, 0.25) is 0 Å². The third-order valence-electron chi connectivity index (χ3n) is 5.66. The van der Waals surface area contributed by atoms with E-state index in [1.807, 2.05) is 31.3 Å². The van der Waals surface area contributed by atoms with Crippen LogP contribution >= 0.6 is 0 Å². The Hall–Kier alpha value is -2.42. The highest BCUT2D eigenvalue weighted by Crippen LogP contribution is 2.28. The molecule has 0 aliphatic carbocycles. The number of piperazine rings is 1. The van der Waals surface area contributed by atoms with E-state index in [1.54, 1.807) is 12.1 Å². The molecule has 0 unspecified atom stereocenters. The van der Waals surface area contributed by atoms with Gasteiger partial charge < -0.3 is 15.1 Å². The van der Waals surface area contributed by atoms with Crippen molar-refractivity contribution in [3.8, 4) is 0 Å². The molecule has 0 atom stereocenters. The summed E-state index contributed by atoms with van der Waals surface area (Å²) in [5, 5.41) is 2.87. The summed E-state index contributed by atoms with van der Waals surface area (Å²) in [7, 11) is -0.288. The van der Waals surface area contributed by atoms with Crippen LogP contribution in [0.5, 0.6) is 0 Å². The lowest BCUT2D eigenvalue weighted by Gasteiger charge is -2.35. The van der Waals surface area contributed by atoms with Crippen LogP contribution < -0.4 is 14.9 Å². The van der Waals surface area contributed by atoms with Gasteiger partial charge in [0.1, 0.15) is 4.90 Å². The topological polar surface area (TPSA) is 81.8 Å². The number of nitrogens with one attached hydrogen (secondary N) is 2. The third kappa shape index (κ3) is 5.84. The zero-order valence-corrected chi connectivity index (χ0v) is 19.3. The van der Waals surface area contributed by atoms with Crippen molar-refractivity contribution in [3.63, 3.8) is 0 Å². The number of hydrogen-bond donors (Lipinski definition) is 2. The predicted molar refractivity (Wildman–Crippen MR) is 125 cm³/mol. The molecule has 8 heteroatoms. The number of rotatable bonds is 8. The van der Waals surface area contributed by atoms with Gasteiger partial charge in [0.15, 0.2) is 0 Å². The van der Waals surface area contributed by atoms with E-state index in [9.17, 15) is 13.2 Å². The van der Waals surface area contributed by atoms with Crippen LogP contribution in [0, 0.1) is 0 Å². The number of benzene rings is 2. The molecule has 3 rings (SSSR count). The van der Waals surface area contributed by atoms with Crippen molar-refractivity contribution < 1.29 is 13.2 Å². The maximum Gasteiger partial charge on any atom is 0.255 e. The second kappa shape index (κ2) is 10.3. The molecule has 2 N–H and O–H groups in total. The van der Waals surface area contributed by atoms with Crippen molar-refractivity contribution in [3.05, 3.63) is 53.6 Å². The van der Waals surface area contributed by atoms with E-state index < -0.39 is 10.0 Å². The molecule has 7 nitrogen and oxygen atoms in total. The van der Waals surface area contributed by atoms with E-state index in [1.165, 1.54) is 18.7 Å². The first-order valence-corrected chi connectivity index (χ1v) is 12.2. The Morgan fingerprint density at radius 2 is 1.71 bits per heavy atom. The summed E-state index contributed by atoms with van der Waals surface area (Å²) in [6.45, 7) is 5.34. The van der Waals surface area contributed by atoms with Gasteiger partial charge in [-0.15, -0.1) is 0 Å². The minimum absolute atomic E-state index is 0.127. The maximum atomic E-state index is 12.8. The first-order valence-electron chi connectivity index (χ1n) is 10.8. The molecule has 1 aliphatic heterocycles. The molecule has 168 valence electrons. The average molecular weight is 445 g/mol. The largest absolute Gasteiger partial charge is 0.368 e. The summed E-state index contributed by atoms with van der Waals surface area (Å²) < 4.78 is 27.8. The number of carbonyl (C=O) groups excluding carboxylic acids is 1. The number of unbranched alkanes of at least 4 members (excludes halogenated alkanes) is 1. The Morgan fingerprint density at radius 1 is 1.03 bits per heavy atom. The van der Waals surface area contributed by atoms with Crippen molar-refractivity contribution in [2.45, 2.75) is 31.1 Å². The summed E-state index contributed by atoms with van der Waals surface area (Å²) in [5.74, 6) is -0.334. The van der Waals surface area contributed by atoms with Gasteiger partial charge in [-0.05, 0) is 62.8 Å². The zero-order chi connectivity index (χ0) is 22.4. The van der Waals surface area contributed by atoms with Gasteiger partial charge in [0.05, 0.1) is 5.69 Å². The van der Waals surface area contributed by atoms with E-state index in [-0.39, 0.29) is 10.8 Å². The molecule has 2 aromatic rings. The quantitative estimate of drug-likeness (QED) is 0.654. The minimum Gasteiger partial charge on any atom is -0.368 e. The standard InChI is InChI=1S/C23H32N4O3S/c1-4-5-6-18-7-10-20(11-8-18)25-23(28)19-9-12-21(22(17-19)31(29,30)24-2)27-15-13-26(3)14-16-27/h7-12,17,24H,4-6,13-16H2,1-3H3,(H,25,28). The van der Waals surface area contributed by atoms with Gasteiger partial charge in [-0.1, -0.05) is 25.5 Å². The number of sulfonamides is 1. The smallest absolute Gasteiger partial charge is 0.255 e. The highest BCUT2D eigenvalue weighted by molar-refractivity contribution is 7.89. The Bertz CT molecular complexity index is 998. The number of aryl methyl sites for hydroxylation is 1. The van der Waals surface area contributed by atoms with Crippen LogP contribution in [0.4, 0.5) is 11.4 Å². The molecule has 0 saturated carbocycles. The van der Waals surface area contributed by atoms with Crippen LogP contribution in [0.25, 0.3) is 0 Å². The molecule has 31 heavy (non-hydrogen) atoms. The van der Waals surface area contributed by atoms with Crippen LogP contribution in [0.3, 0.4) is 0 Å². The second-order valence-corrected chi connectivity index (χ2v) is 9.79. The monoisotopic (exact) mass is 444 g/mol. The highest BCUT2D eigenvalue weighted by Gasteiger charge is 2.24. The molecule has 0 spiro atoms. The van der Waals surface area contributed by atoms with E-state index in [0.29, 0.717) is 16.9 Å². The lowest BCUT2D eigenvalue weighted by molar-refractivity contribution is 0.102. The molecule has 1 amide bonds. The SMILES string of the molecule is CCCCc1ccc(NC(=O)c2ccc(N3CCN(C)CC3)c(S(=O)(=O)NC)c2)cc1. The fourth-order valence-electron chi connectivity index (χ4n) is 3.63. The first kappa shape index (κ1) is 23.2. The molecule has 1 fully saturated rings. The van der Waals surface area contributed by atoms with E-state index in [2.05, 4.69) is 26.8 Å². The lowest BCUT2D eigenvalue weighted by atomic mass is 10.1. The van der Waals surface area contributed by atoms with Gasteiger partial charge in [-0.3, -0.25) is 4.79 Å². The molecule has 1 aliphatic rings. The molecule has 1 saturated heterocycles. The number of carbonyl (C=O) groups is 1. The Kier molecular flexibility index (Phi) is 7.69. The van der Waals surface area contributed by atoms with Gasteiger partial charge in [0, 0.05) is 37.4 Å². The number of nitrogens with zero attached hydrogens (tertiary/aromatic N) is 2. The third-order valence-corrected chi connectivity index (χ3v) is 7.10. The van der Waals surface area contributed by atoms with Gasteiger partial charge in [-0.25, -0.2) is 13.1 Å². The summed E-state index contributed by atoms with van der Waals surface area (Å²) in [4.78, 5) is 17.2. The summed E-state index contributed by atoms with van der Waals surface area (Å²) in [6, 6.07) is 12.7. The number of anilines is 2. The number of hydrogen-bond acceptors (Lipinski definition) is 5. The van der Waals surface area contributed by atoms with E-state index >= 15 is 0 Å². The molecule has 1 heterocycles. The Labute approximate surface area is 185 Å². The van der Waals surface area contributed by atoms with Gasteiger partial charge in [0.2, 0.25) is 10.0 Å². The van der Waals surface area contributed by atoms with Crippen LogP contribution in [0.15, 0.2) is 47.4 Å². The Morgan fingerprint density at radius 3 is 2.32 bits per heavy atom. The van der Waals surface area contributed by atoms with Crippen molar-refractivity contribution >= 4 is 27.3 Å².